The molecule has 0 N–H and O–H groups in total. The highest BCUT2D eigenvalue weighted by Crippen LogP contribution is 2.47. The maximum atomic E-state index is 14.3. The number of benzene rings is 7. The first-order valence-corrected chi connectivity index (χ1v) is 18.8. The molecule has 0 atom stereocenters. The fraction of sp³-hybridized carbons (Fsp3) is 0.0833. The van der Waals surface area contributed by atoms with Crippen molar-refractivity contribution in [3.63, 3.8) is 0 Å². The predicted molar refractivity (Wildman–Crippen MR) is 215 cm³/mol. The third-order valence-corrected chi connectivity index (χ3v) is 11.1. The molecule has 0 aliphatic heterocycles. The highest BCUT2D eigenvalue weighted by molar-refractivity contribution is 6.13. The zero-order valence-corrected chi connectivity index (χ0v) is 32.0. The van der Waals surface area contributed by atoms with Gasteiger partial charge in [-0.05, 0) is 108 Å². The van der Waals surface area contributed by atoms with E-state index in [2.05, 4.69) is 12.1 Å². The van der Waals surface area contributed by atoms with Gasteiger partial charge < -0.3 is 9.13 Å². The summed E-state index contributed by atoms with van der Waals surface area (Å²) in [5, 5.41) is 19.5. The molecule has 318 valence electrons. The molecule has 0 spiro atoms. The van der Waals surface area contributed by atoms with Crippen LogP contribution < -0.4 is 0 Å². The van der Waals surface area contributed by atoms with Crippen LogP contribution in [0.25, 0.3) is 77.2 Å². The number of alkyl halides is 12. The van der Waals surface area contributed by atoms with Gasteiger partial charge in [-0.15, -0.1) is 0 Å². The van der Waals surface area contributed by atoms with E-state index in [1.165, 1.54) is 33.4 Å². The lowest BCUT2D eigenvalue weighted by Gasteiger charge is -2.22. The van der Waals surface area contributed by atoms with Gasteiger partial charge in [-0.1, -0.05) is 36.4 Å². The maximum Gasteiger partial charge on any atom is 0.416 e. The zero-order chi connectivity index (χ0) is 45.7. The van der Waals surface area contributed by atoms with Gasteiger partial charge in [0.2, 0.25) is 0 Å². The molecule has 7 aromatic carbocycles. The highest BCUT2D eigenvalue weighted by atomic mass is 19.4. The molecule has 0 saturated carbocycles. The van der Waals surface area contributed by atoms with Gasteiger partial charge in [0.1, 0.15) is 0 Å². The molecular formula is C48H22F12N4. The van der Waals surface area contributed by atoms with Crippen molar-refractivity contribution in [1.82, 2.24) is 9.13 Å². The molecule has 0 bridgehead atoms. The molecule has 2 aromatic heterocycles. The summed E-state index contributed by atoms with van der Waals surface area (Å²) in [5.74, 6) is 0. The quantitative estimate of drug-likeness (QED) is 0.165. The van der Waals surface area contributed by atoms with E-state index < -0.39 is 47.0 Å². The van der Waals surface area contributed by atoms with Gasteiger partial charge in [0.25, 0.3) is 0 Å². The molecule has 4 nitrogen and oxygen atoms in total. The van der Waals surface area contributed by atoms with Crippen LogP contribution in [0.5, 0.6) is 0 Å². The molecular weight excluding hydrogens is 861 g/mol. The first kappa shape index (κ1) is 41.6. The summed E-state index contributed by atoms with van der Waals surface area (Å²) in [6.45, 7) is 0. The van der Waals surface area contributed by atoms with E-state index in [-0.39, 0.29) is 88.4 Å². The van der Waals surface area contributed by atoms with Crippen LogP contribution in [-0.4, -0.2) is 9.13 Å². The van der Waals surface area contributed by atoms with Crippen molar-refractivity contribution in [3.8, 4) is 45.8 Å². The Balaban J connectivity index is 1.54. The molecule has 0 amide bonds. The van der Waals surface area contributed by atoms with E-state index in [4.69, 9.17) is 0 Å². The third-order valence-electron chi connectivity index (χ3n) is 11.1. The van der Waals surface area contributed by atoms with Crippen molar-refractivity contribution >= 4 is 43.6 Å². The summed E-state index contributed by atoms with van der Waals surface area (Å²) in [5.41, 5.74) is -3.84. The van der Waals surface area contributed by atoms with Crippen LogP contribution in [0.1, 0.15) is 33.4 Å². The Hall–Kier alpha value is -7.72. The largest absolute Gasteiger partial charge is 0.416 e. The number of aromatic nitrogens is 2. The van der Waals surface area contributed by atoms with Crippen molar-refractivity contribution in [2.75, 3.05) is 0 Å². The van der Waals surface area contributed by atoms with Crippen LogP contribution in [0.4, 0.5) is 52.7 Å². The van der Waals surface area contributed by atoms with Gasteiger partial charge >= 0.3 is 24.7 Å². The second kappa shape index (κ2) is 14.4. The van der Waals surface area contributed by atoms with Gasteiger partial charge in [-0.25, -0.2) is 0 Å². The van der Waals surface area contributed by atoms with Crippen LogP contribution in [0, 0.1) is 22.7 Å². The van der Waals surface area contributed by atoms with Crippen LogP contribution in [0.2, 0.25) is 0 Å². The molecule has 0 saturated heterocycles. The number of hydrogen-bond donors (Lipinski definition) is 0. The Labute approximate surface area is 352 Å². The Morgan fingerprint density at radius 2 is 0.594 bits per heavy atom. The Morgan fingerprint density at radius 1 is 0.328 bits per heavy atom. The number of nitriles is 2. The number of nitrogens with zero attached hydrogens (tertiary/aromatic N) is 4. The lowest BCUT2D eigenvalue weighted by atomic mass is 9.89. The van der Waals surface area contributed by atoms with Crippen LogP contribution >= 0.6 is 0 Å². The summed E-state index contributed by atoms with van der Waals surface area (Å²) in [6, 6.07) is 29.5. The van der Waals surface area contributed by atoms with E-state index in [1.54, 1.807) is 36.4 Å². The molecule has 2 heterocycles. The van der Waals surface area contributed by atoms with Gasteiger partial charge in [-0.2, -0.15) is 63.2 Å². The van der Waals surface area contributed by atoms with Crippen molar-refractivity contribution in [2.45, 2.75) is 24.7 Å². The number of rotatable bonds is 4. The first-order chi connectivity index (χ1) is 30.2. The average molecular weight is 883 g/mol. The summed E-state index contributed by atoms with van der Waals surface area (Å²) in [4.78, 5) is 0. The Morgan fingerprint density at radius 3 is 0.844 bits per heavy atom. The minimum atomic E-state index is -4.94. The first-order valence-electron chi connectivity index (χ1n) is 18.8. The van der Waals surface area contributed by atoms with Crippen LogP contribution in [0.15, 0.2) is 133 Å². The van der Waals surface area contributed by atoms with E-state index in [0.29, 0.717) is 24.3 Å². The number of hydrogen-bond acceptors (Lipinski definition) is 2. The van der Waals surface area contributed by atoms with Crippen molar-refractivity contribution in [3.05, 3.63) is 167 Å². The topological polar surface area (TPSA) is 57.4 Å². The van der Waals surface area contributed by atoms with E-state index >= 15 is 0 Å². The molecule has 16 heteroatoms. The minimum Gasteiger partial charge on any atom is -0.307 e. The van der Waals surface area contributed by atoms with Gasteiger partial charge in [0.15, 0.2) is 0 Å². The lowest BCUT2D eigenvalue weighted by molar-refractivity contribution is -0.138. The standard InChI is InChI=1S/C48H22F12N4/c49-45(50,51)27-9-13-39-35(17-27)36-18-28(46(52,53)54)10-14-40(36)63(39)43-21-33(31-7-3-1-5-25(31)23-61)34(32-8-4-2-6-26(32)24-62)22-44(43)64-41-15-11-29(47(55,56)57)19-37(41)38-20-30(48(58,59)60)12-16-42(38)64/h1-22H. The van der Waals surface area contributed by atoms with Gasteiger partial charge in [0.05, 0.1) is 79.0 Å². The molecule has 9 aromatic rings. The zero-order valence-electron chi connectivity index (χ0n) is 32.0. The lowest BCUT2D eigenvalue weighted by Crippen LogP contribution is -2.08. The van der Waals surface area contributed by atoms with Crippen molar-refractivity contribution in [2.24, 2.45) is 0 Å². The third kappa shape index (κ3) is 6.82. The Kier molecular flexibility index (Phi) is 9.38. The van der Waals surface area contributed by atoms with E-state index in [0.717, 1.165) is 48.5 Å². The maximum absolute atomic E-state index is 14.3. The molecule has 0 radical (unpaired) electrons. The second-order valence-electron chi connectivity index (χ2n) is 14.8. The smallest absolute Gasteiger partial charge is 0.307 e. The molecule has 0 fully saturated rings. The molecule has 0 aliphatic carbocycles. The molecule has 9 rings (SSSR count). The van der Waals surface area contributed by atoms with E-state index in [1.807, 2.05) is 0 Å². The SMILES string of the molecule is N#Cc1ccccc1-c1cc(-n2c3ccc(C(F)(F)F)cc3c3cc(C(F)(F)F)ccc32)c(-n2c3ccc(C(F)(F)F)cc3c3cc(C(F)(F)F)ccc32)cc1-c1ccccc1C#N. The van der Waals surface area contributed by atoms with Crippen LogP contribution in [-0.2, 0) is 24.7 Å². The fourth-order valence-electron chi connectivity index (χ4n) is 8.28. The van der Waals surface area contributed by atoms with Crippen molar-refractivity contribution < 1.29 is 52.7 Å². The number of fused-ring (bicyclic) bond motifs is 6. The summed E-state index contributed by atoms with van der Waals surface area (Å²) < 4.78 is 174. The summed E-state index contributed by atoms with van der Waals surface area (Å²) in [7, 11) is 0. The minimum absolute atomic E-state index is 0.0287. The highest BCUT2D eigenvalue weighted by Gasteiger charge is 2.36. The average Bonchev–Trinajstić information content (AvgIpc) is 3.76. The van der Waals surface area contributed by atoms with E-state index in [9.17, 15) is 63.2 Å². The monoisotopic (exact) mass is 882 g/mol. The number of halogens is 12. The Bertz CT molecular complexity index is 3110. The fourth-order valence-corrected chi connectivity index (χ4v) is 8.28. The van der Waals surface area contributed by atoms with Gasteiger partial charge in [0, 0.05) is 32.7 Å². The van der Waals surface area contributed by atoms with Gasteiger partial charge in [-0.3, -0.25) is 0 Å². The molecule has 0 aliphatic rings. The van der Waals surface area contributed by atoms with Crippen molar-refractivity contribution in [1.29, 1.82) is 10.5 Å². The summed E-state index contributed by atoms with van der Waals surface area (Å²) >= 11 is 0. The summed E-state index contributed by atoms with van der Waals surface area (Å²) in [6.07, 6.45) is -19.8. The predicted octanol–water partition coefficient (Wildman–Crippen LogP) is 15.0. The molecule has 0 unspecified atom stereocenters. The normalized spacial score (nSPS) is 12.7. The van der Waals surface area contributed by atoms with Crippen LogP contribution in [0.3, 0.4) is 0 Å². The second-order valence-corrected chi connectivity index (χ2v) is 14.8. The molecule has 64 heavy (non-hydrogen) atoms.